The van der Waals surface area contributed by atoms with Gasteiger partial charge in [0.25, 0.3) is 5.91 Å². The number of amides is 1. The number of rotatable bonds is 6. The van der Waals surface area contributed by atoms with Crippen molar-refractivity contribution in [3.8, 4) is 11.6 Å². The lowest BCUT2D eigenvalue weighted by atomic mass is 10.0. The van der Waals surface area contributed by atoms with Crippen LogP contribution >= 0.6 is 0 Å². The van der Waals surface area contributed by atoms with Gasteiger partial charge in [0.2, 0.25) is 5.88 Å². The molecular formula is C21H23N5O3. The van der Waals surface area contributed by atoms with E-state index in [4.69, 9.17) is 4.74 Å². The van der Waals surface area contributed by atoms with Gasteiger partial charge in [-0.15, -0.1) is 10.2 Å². The van der Waals surface area contributed by atoms with Crippen LogP contribution < -0.4 is 15.6 Å². The van der Waals surface area contributed by atoms with Crippen molar-refractivity contribution >= 4 is 22.5 Å². The zero-order chi connectivity index (χ0) is 20.2. The number of para-hydroxylation sites is 1. The SMILES string of the molecule is CCCOc1ccc(C2CC(C(=O)N=Nc3c(O)[nH]c4ccccc34)NN2)cc1. The Bertz CT molecular complexity index is 1030. The third-order valence-electron chi connectivity index (χ3n) is 4.86. The molecule has 2 heterocycles. The molecule has 2 unspecified atom stereocenters. The average Bonchev–Trinajstić information content (AvgIpc) is 3.35. The number of ether oxygens (including phenoxy) is 1. The summed E-state index contributed by atoms with van der Waals surface area (Å²) in [4.78, 5) is 15.3. The van der Waals surface area contributed by atoms with Crippen molar-refractivity contribution in [2.45, 2.75) is 31.8 Å². The van der Waals surface area contributed by atoms with E-state index in [1.807, 2.05) is 48.5 Å². The van der Waals surface area contributed by atoms with Gasteiger partial charge in [-0.05, 0) is 36.6 Å². The minimum Gasteiger partial charge on any atom is -0.494 e. The Morgan fingerprint density at radius 3 is 2.76 bits per heavy atom. The van der Waals surface area contributed by atoms with Gasteiger partial charge in [0, 0.05) is 11.4 Å². The molecule has 1 aliphatic heterocycles. The molecule has 4 rings (SSSR count). The number of carbonyl (C=O) groups is 1. The third kappa shape index (κ3) is 4.13. The molecule has 1 amide bonds. The molecule has 0 bridgehead atoms. The number of nitrogens with zero attached hydrogens (tertiary/aromatic N) is 2. The van der Waals surface area contributed by atoms with Gasteiger partial charge < -0.3 is 14.8 Å². The summed E-state index contributed by atoms with van der Waals surface area (Å²) in [6, 6.07) is 14.6. The van der Waals surface area contributed by atoms with Gasteiger partial charge in [0.05, 0.1) is 12.1 Å². The number of aromatic amines is 1. The Labute approximate surface area is 168 Å². The standard InChI is InChI=1S/C21H23N5O3/c1-2-11-29-14-9-7-13(8-10-14)17-12-18(24-23-17)20(27)26-25-19-15-5-3-4-6-16(15)22-21(19)28/h3-10,17-18,22-24,28H,2,11-12H2,1H3. The van der Waals surface area contributed by atoms with Gasteiger partial charge in [-0.3, -0.25) is 4.79 Å². The fraction of sp³-hybridized carbons (Fsp3) is 0.286. The summed E-state index contributed by atoms with van der Waals surface area (Å²) in [5.74, 6) is 0.331. The van der Waals surface area contributed by atoms with Crippen LogP contribution in [-0.2, 0) is 4.79 Å². The first kappa shape index (κ1) is 19.1. The summed E-state index contributed by atoms with van der Waals surface area (Å²) in [5, 5.41) is 18.5. The Hall–Kier alpha value is -3.23. The molecule has 8 nitrogen and oxygen atoms in total. The van der Waals surface area contributed by atoms with Crippen molar-refractivity contribution in [3.63, 3.8) is 0 Å². The van der Waals surface area contributed by atoms with Gasteiger partial charge in [-0.2, -0.15) is 0 Å². The second-order valence-corrected chi connectivity index (χ2v) is 6.95. The summed E-state index contributed by atoms with van der Waals surface area (Å²) in [6.45, 7) is 2.76. The maximum Gasteiger partial charge on any atom is 0.282 e. The monoisotopic (exact) mass is 393 g/mol. The second kappa shape index (κ2) is 8.42. The predicted molar refractivity (Wildman–Crippen MR) is 109 cm³/mol. The van der Waals surface area contributed by atoms with E-state index in [1.165, 1.54) is 0 Å². The molecule has 1 aromatic heterocycles. The van der Waals surface area contributed by atoms with E-state index in [0.29, 0.717) is 18.4 Å². The number of benzene rings is 2. The molecule has 3 aromatic rings. The minimum atomic E-state index is -0.493. The molecule has 0 saturated carbocycles. The Balaban J connectivity index is 1.40. The van der Waals surface area contributed by atoms with Crippen molar-refractivity contribution in [2.75, 3.05) is 6.61 Å². The Kier molecular flexibility index (Phi) is 5.55. The maximum atomic E-state index is 12.5. The van der Waals surface area contributed by atoms with Crippen molar-refractivity contribution in [1.29, 1.82) is 0 Å². The first-order valence-corrected chi connectivity index (χ1v) is 9.64. The predicted octanol–water partition coefficient (Wildman–Crippen LogP) is 3.88. The highest BCUT2D eigenvalue weighted by atomic mass is 16.5. The van der Waals surface area contributed by atoms with Crippen molar-refractivity contribution in [2.24, 2.45) is 10.2 Å². The van der Waals surface area contributed by atoms with Crippen LogP contribution in [0.1, 0.15) is 31.4 Å². The number of fused-ring (bicyclic) bond motifs is 1. The molecular weight excluding hydrogens is 370 g/mol. The first-order chi connectivity index (χ1) is 14.2. The molecule has 8 heteroatoms. The summed E-state index contributed by atoms with van der Waals surface area (Å²) in [6.07, 6.45) is 1.51. The highest BCUT2D eigenvalue weighted by Gasteiger charge is 2.30. The molecule has 2 atom stereocenters. The minimum absolute atomic E-state index is 0.0131. The summed E-state index contributed by atoms with van der Waals surface area (Å²) < 4.78 is 5.60. The number of hydrogen-bond donors (Lipinski definition) is 4. The molecule has 1 saturated heterocycles. The summed E-state index contributed by atoms with van der Waals surface area (Å²) >= 11 is 0. The number of H-pyrrole nitrogens is 1. The maximum absolute atomic E-state index is 12.5. The first-order valence-electron chi connectivity index (χ1n) is 9.64. The van der Waals surface area contributed by atoms with Crippen LogP contribution in [0.25, 0.3) is 10.9 Å². The Morgan fingerprint density at radius 1 is 1.17 bits per heavy atom. The molecule has 29 heavy (non-hydrogen) atoms. The second-order valence-electron chi connectivity index (χ2n) is 6.95. The molecule has 2 aromatic carbocycles. The number of hydrogen-bond acceptors (Lipinski definition) is 6. The van der Waals surface area contributed by atoms with Crippen molar-refractivity contribution in [1.82, 2.24) is 15.8 Å². The quantitative estimate of drug-likeness (QED) is 0.475. The van der Waals surface area contributed by atoms with Crippen molar-refractivity contribution in [3.05, 3.63) is 54.1 Å². The lowest BCUT2D eigenvalue weighted by Gasteiger charge is -2.11. The number of nitrogens with one attached hydrogen (secondary N) is 3. The normalized spacial score (nSPS) is 19.2. The molecule has 0 spiro atoms. The van der Waals surface area contributed by atoms with E-state index >= 15 is 0 Å². The van der Waals surface area contributed by atoms with Crippen LogP contribution in [0.5, 0.6) is 11.6 Å². The summed E-state index contributed by atoms with van der Waals surface area (Å²) in [5.41, 5.74) is 8.17. The zero-order valence-corrected chi connectivity index (χ0v) is 16.1. The van der Waals surface area contributed by atoms with Gasteiger partial charge in [0.1, 0.15) is 11.8 Å². The van der Waals surface area contributed by atoms with E-state index in [-0.39, 0.29) is 17.6 Å². The number of carbonyl (C=O) groups excluding carboxylic acids is 1. The van der Waals surface area contributed by atoms with E-state index in [9.17, 15) is 9.90 Å². The zero-order valence-electron chi connectivity index (χ0n) is 16.1. The van der Waals surface area contributed by atoms with Crippen LogP contribution in [0.2, 0.25) is 0 Å². The lowest BCUT2D eigenvalue weighted by Crippen LogP contribution is -2.35. The van der Waals surface area contributed by atoms with Gasteiger partial charge in [-0.1, -0.05) is 37.3 Å². The molecule has 0 radical (unpaired) electrons. The van der Waals surface area contributed by atoms with Gasteiger partial charge in [-0.25, -0.2) is 10.9 Å². The Morgan fingerprint density at radius 2 is 1.97 bits per heavy atom. The topological polar surface area (TPSA) is 111 Å². The van der Waals surface area contributed by atoms with Gasteiger partial charge in [0.15, 0.2) is 5.69 Å². The van der Waals surface area contributed by atoms with Crippen LogP contribution in [0.4, 0.5) is 5.69 Å². The van der Waals surface area contributed by atoms with Gasteiger partial charge >= 0.3 is 0 Å². The van der Waals surface area contributed by atoms with E-state index in [2.05, 4.69) is 33.0 Å². The fourth-order valence-corrected chi connectivity index (χ4v) is 3.34. The number of azo groups is 1. The van der Waals surface area contributed by atoms with E-state index < -0.39 is 11.9 Å². The van der Waals surface area contributed by atoms with Crippen LogP contribution in [0, 0.1) is 0 Å². The molecule has 0 aliphatic carbocycles. The highest BCUT2D eigenvalue weighted by Crippen LogP contribution is 2.35. The smallest absolute Gasteiger partial charge is 0.282 e. The molecule has 4 N–H and O–H groups in total. The lowest BCUT2D eigenvalue weighted by molar-refractivity contribution is -0.120. The van der Waals surface area contributed by atoms with E-state index in [1.54, 1.807) is 0 Å². The summed E-state index contributed by atoms with van der Waals surface area (Å²) in [7, 11) is 0. The van der Waals surface area contributed by atoms with Crippen molar-refractivity contribution < 1.29 is 14.6 Å². The van der Waals surface area contributed by atoms with Crippen LogP contribution in [-0.4, -0.2) is 28.6 Å². The number of aromatic hydroxyl groups is 1. The van der Waals surface area contributed by atoms with Crippen LogP contribution in [0.3, 0.4) is 0 Å². The highest BCUT2D eigenvalue weighted by molar-refractivity contribution is 5.94. The largest absolute Gasteiger partial charge is 0.494 e. The molecule has 1 aliphatic rings. The molecule has 150 valence electrons. The third-order valence-corrected chi connectivity index (χ3v) is 4.86. The molecule has 1 fully saturated rings. The fourth-order valence-electron chi connectivity index (χ4n) is 3.34. The van der Waals surface area contributed by atoms with E-state index in [0.717, 1.165) is 23.3 Å². The van der Waals surface area contributed by atoms with Crippen LogP contribution in [0.15, 0.2) is 58.8 Å². The average molecular weight is 393 g/mol. The number of hydrazine groups is 1. The number of aromatic nitrogens is 1.